The number of halogens is 1. The minimum Gasteiger partial charge on any atom is -0.497 e. The van der Waals surface area contributed by atoms with Crippen LogP contribution in [0.1, 0.15) is 30.0 Å². The van der Waals surface area contributed by atoms with Crippen molar-refractivity contribution in [1.29, 1.82) is 0 Å². The molecule has 0 N–H and O–H groups in total. The molecule has 6 heteroatoms. The Bertz CT molecular complexity index is 876. The first kappa shape index (κ1) is 20.8. The summed E-state index contributed by atoms with van der Waals surface area (Å²) in [6.45, 7) is 3.54. The first-order valence-electron chi connectivity index (χ1n) is 10.5. The van der Waals surface area contributed by atoms with Crippen molar-refractivity contribution < 1.29 is 18.7 Å². The molecule has 1 unspecified atom stereocenters. The number of ether oxygens (including phenoxy) is 2. The molecule has 1 saturated heterocycles. The average Bonchev–Trinajstić information content (AvgIpc) is 3.59. The largest absolute Gasteiger partial charge is 0.497 e. The standard InChI is InChI=1S/C24H29FN2O3/c1-26(23(28)24(11-12-24)20-5-3-4-6-21(20)25)17-22(27-13-15-30-16-14-27)18-7-9-19(29-2)10-8-18/h3-10,22H,11-17H2,1-2H3. The molecule has 1 saturated carbocycles. The van der Waals surface area contributed by atoms with E-state index in [1.807, 2.05) is 19.2 Å². The minimum absolute atomic E-state index is 0.000582. The second-order valence-electron chi connectivity index (χ2n) is 8.18. The van der Waals surface area contributed by atoms with Gasteiger partial charge in [0.25, 0.3) is 0 Å². The number of hydrogen-bond donors (Lipinski definition) is 0. The van der Waals surface area contributed by atoms with Crippen LogP contribution < -0.4 is 4.74 Å². The maximum absolute atomic E-state index is 14.4. The Balaban J connectivity index is 1.56. The van der Waals surface area contributed by atoms with Crippen molar-refractivity contribution in [3.63, 3.8) is 0 Å². The van der Waals surface area contributed by atoms with Crippen LogP contribution in [0.25, 0.3) is 0 Å². The van der Waals surface area contributed by atoms with Crippen molar-refractivity contribution in [2.75, 3.05) is 47.0 Å². The second kappa shape index (κ2) is 8.74. The van der Waals surface area contributed by atoms with Crippen LogP contribution in [-0.2, 0) is 14.9 Å². The van der Waals surface area contributed by atoms with Crippen LogP contribution in [0, 0.1) is 5.82 Å². The van der Waals surface area contributed by atoms with Gasteiger partial charge in [-0.2, -0.15) is 0 Å². The zero-order valence-corrected chi connectivity index (χ0v) is 17.6. The predicted molar refractivity (Wildman–Crippen MR) is 113 cm³/mol. The van der Waals surface area contributed by atoms with Gasteiger partial charge in [0.2, 0.25) is 5.91 Å². The lowest BCUT2D eigenvalue weighted by Gasteiger charge is -2.37. The van der Waals surface area contributed by atoms with Crippen molar-refractivity contribution in [3.8, 4) is 5.75 Å². The van der Waals surface area contributed by atoms with Gasteiger partial charge < -0.3 is 14.4 Å². The molecule has 2 aromatic carbocycles. The van der Waals surface area contributed by atoms with E-state index in [2.05, 4.69) is 17.0 Å². The highest BCUT2D eigenvalue weighted by atomic mass is 19.1. The Labute approximate surface area is 177 Å². The number of hydrogen-bond acceptors (Lipinski definition) is 4. The fourth-order valence-corrected chi connectivity index (χ4v) is 4.43. The number of carbonyl (C=O) groups excluding carboxylic acids is 1. The number of nitrogens with zero attached hydrogens (tertiary/aromatic N) is 2. The van der Waals surface area contributed by atoms with Crippen LogP contribution >= 0.6 is 0 Å². The summed E-state index contributed by atoms with van der Waals surface area (Å²) in [4.78, 5) is 17.6. The summed E-state index contributed by atoms with van der Waals surface area (Å²) in [6, 6.07) is 14.7. The first-order valence-corrected chi connectivity index (χ1v) is 10.5. The molecule has 0 radical (unpaired) electrons. The van der Waals surface area contributed by atoms with E-state index in [4.69, 9.17) is 9.47 Å². The topological polar surface area (TPSA) is 42.0 Å². The van der Waals surface area contributed by atoms with E-state index in [9.17, 15) is 9.18 Å². The van der Waals surface area contributed by atoms with Gasteiger partial charge in [0.1, 0.15) is 11.6 Å². The van der Waals surface area contributed by atoms with Gasteiger partial charge in [0.15, 0.2) is 0 Å². The Morgan fingerprint density at radius 3 is 2.43 bits per heavy atom. The molecule has 5 nitrogen and oxygen atoms in total. The molecule has 0 aromatic heterocycles. The number of carbonyl (C=O) groups is 1. The molecule has 30 heavy (non-hydrogen) atoms. The van der Waals surface area contributed by atoms with Gasteiger partial charge in [-0.3, -0.25) is 9.69 Å². The lowest BCUT2D eigenvalue weighted by atomic mass is 9.93. The molecular formula is C24H29FN2O3. The number of amides is 1. The summed E-state index contributed by atoms with van der Waals surface area (Å²) in [6.07, 6.45) is 1.39. The quantitative estimate of drug-likeness (QED) is 0.699. The van der Waals surface area contributed by atoms with Gasteiger partial charge in [-0.05, 0) is 36.6 Å². The third-order valence-electron chi connectivity index (χ3n) is 6.33. The number of morpholine rings is 1. The molecule has 160 valence electrons. The van der Waals surface area contributed by atoms with Crippen LogP contribution in [0.3, 0.4) is 0 Å². The van der Waals surface area contributed by atoms with Crippen molar-refractivity contribution in [2.24, 2.45) is 0 Å². The van der Waals surface area contributed by atoms with Crippen molar-refractivity contribution in [1.82, 2.24) is 9.80 Å². The summed E-state index contributed by atoms with van der Waals surface area (Å²) < 4.78 is 25.3. The minimum atomic E-state index is -0.713. The Hall–Kier alpha value is -2.44. The highest BCUT2D eigenvalue weighted by Gasteiger charge is 2.54. The van der Waals surface area contributed by atoms with Gasteiger partial charge in [-0.25, -0.2) is 4.39 Å². The smallest absolute Gasteiger partial charge is 0.233 e. The lowest BCUT2D eigenvalue weighted by Crippen LogP contribution is -2.46. The van der Waals surface area contributed by atoms with Gasteiger partial charge in [-0.15, -0.1) is 0 Å². The van der Waals surface area contributed by atoms with E-state index < -0.39 is 5.41 Å². The fraction of sp³-hybridized carbons (Fsp3) is 0.458. The van der Waals surface area contributed by atoms with Crippen molar-refractivity contribution in [2.45, 2.75) is 24.3 Å². The molecule has 1 atom stereocenters. The van der Waals surface area contributed by atoms with Gasteiger partial charge >= 0.3 is 0 Å². The van der Waals surface area contributed by atoms with Crippen LogP contribution in [0.2, 0.25) is 0 Å². The Morgan fingerprint density at radius 2 is 1.83 bits per heavy atom. The zero-order valence-electron chi connectivity index (χ0n) is 17.6. The number of likely N-dealkylation sites (N-methyl/N-ethyl adjacent to an activating group) is 1. The number of methoxy groups -OCH3 is 1. The Morgan fingerprint density at radius 1 is 1.17 bits per heavy atom. The van der Waals surface area contributed by atoms with Crippen LogP contribution in [0.5, 0.6) is 5.75 Å². The molecule has 1 aliphatic heterocycles. The van der Waals surface area contributed by atoms with E-state index >= 15 is 0 Å². The number of rotatable bonds is 7. The molecule has 4 rings (SSSR count). The summed E-state index contributed by atoms with van der Waals surface area (Å²) >= 11 is 0. The summed E-state index contributed by atoms with van der Waals surface area (Å²) in [5.74, 6) is 0.511. The molecule has 0 bridgehead atoms. The summed E-state index contributed by atoms with van der Waals surface area (Å²) in [7, 11) is 3.49. The Kier molecular flexibility index (Phi) is 6.06. The third-order valence-corrected chi connectivity index (χ3v) is 6.33. The summed E-state index contributed by atoms with van der Waals surface area (Å²) in [5, 5.41) is 0. The van der Waals surface area contributed by atoms with Crippen LogP contribution in [0.15, 0.2) is 48.5 Å². The first-order chi connectivity index (χ1) is 14.5. The molecule has 0 spiro atoms. The normalized spacial score (nSPS) is 19.2. The van der Waals surface area contributed by atoms with Gasteiger partial charge in [-0.1, -0.05) is 30.3 Å². The molecule has 2 aromatic rings. The van der Waals surface area contributed by atoms with Gasteiger partial charge in [0, 0.05) is 32.2 Å². The molecular weight excluding hydrogens is 383 g/mol. The SMILES string of the molecule is COc1ccc(C(CN(C)C(=O)C2(c3ccccc3F)CC2)N2CCOCC2)cc1. The third kappa shape index (κ3) is 4.07. The van der Waals surface area contributed by atoms with E-state index in [-0.39, 0.29) is 17.8 Å². The van der Waals surface area contributed by atoms with E-state index in [1.165, 1.54) is 6.07 Å². The maximum Gasteiger partial charge on any atom is 0.233 e. The van der Waals surface area contributed by atoms with Crippen LogP contribution in [-0.4, -0.2) is 62.7 Å². The predicted octanol–water partition coefficient (Wildman–Crippen LogP) is 3.40. The maximum atomic E-state index is 14.4. The lowest BCUT2D eigenvalue weighted by molar-refractivity contribution is -0.133. The zero-order chi connectivity index (χ0) is 21.1. The second-order valence-corrected chi connectivity index (χ2v) is 8.18. The number of benzene rings is 2. The fourth-order valence-electron chi connectivity index (χ4n) is 4.43. The highest BCUT2D eigenvalue weighted by molar-refractivity contribution is 5.91. The monoisotopic (exact) mass is 412 g/mol. The van der Waals surface area contributed by atoms with Gasteiger partial charge in [0.05, 0.1) is 31.8 Å². The van der Waals surface area contributed by atoms with Crippen molar-refractivity contribution in [3.05, 3.63) is 65.5 Å². The van der Waals surface area contributed by atoms with E-state index in [0.717, 1.165) is 24.4 Å². The molecule has 2 fully saturated rings. The molecule has 2 aliphatic rings. The highest BCUT2D eigenvalue weighted by Crippen LogP contribution is 2.50. The molecule has 1 amide bonds. The van der Waals surface area contributed by atoms with E-state index in [1.54, 1.807) is 30.2 Å². The average molecular weight is 413 g/mol. The van der Waals surface area contributed by atoms with Crippen LogP contribution in [0.4, 0.5) is 4.39 Å². The van der Waals surface area contributed by atoms with E-state index in [0.29, 0.717) is 38.2 Å². The summed E-state index contributed by atoms with van der Waals surface area (Å²) in [5.41, 5.74) is 0.942. The van der Waals surface area contributed by atoms with Crippen molar-refractivity contribution >= 4 is 5.91 Å². The molecule has 1 aliphatic carbocycles. The molecule has 1 heterocycles.